The van der Waals surface area contributed by atoms with Gasteiger partial charge >= 0.3 is 6.03 Å². The molecule has 1 aromatic carbocycles. The highest BCUT2D eigenvalue weighted by Gasteiger charge is 2.29. The molecule has 3 heteroatoms. The monoisotopic (exact) mass is 232 g/mol. The molecule has 1 atom stereocenters. The Bertz CT molecular complexity index is 403. The quantitative estimate of drug-likeness (QED) is 0.835. The van der Waals surface area contributed by atoms with E-state index in [1.165, 1.54) is 11.1 Å². The fourth-order valence-electron chi connectivity index (χ4n) is 2.49. The number of nitrogens with one attached hydrogen (secondary N) is 1. The first kappa shape index (κ1) is 12.0. The topological polar surface area (TPSA) is 32.3 Å². The van der Waals surface area contributed by atoms with E-state index in [9.17, 15) is 4.79 Å². The molecule has 1 fully saturated rings. The largest absolute Gasteiger partial charge is 0.338 e. The van der Waals surface area contributed by atoms with Crippen molar-refractivity contribution in [2.45, 2.75) is 32.7 Å². The fraction of sp³-hybridized carbons (Fsp3) is 0.500. The average Bonchev–Trinajstić information content (AvgIpc) is 2.78. The fourth-order valence-corrected chi connectivity index (χ4v) is 2.49. The number of carbonyl (C=O) groups excluding carboxylic acids is 1. The number of hydrogen-bond acceptors (Lipinski definition) is 1. The van der Waals surface area contributed by atoms with Crippen molar-refractivity contribution in [2.75, 3.05) is 13.1 Å². The molecule has 1 aromatic rings. The Labute approximate surface area is 103 Å². The summed E-state index contributed by atoms with van der Waals surface area (Å²) in [5.74, 6) is 0. The van der Waals surface area contributed by atoms with Gasteiger partial charge in [-0.2, -0.15) is 0 Å². The SMILES string of the molecule is CCNC(=O)N1CCC[C@H]1c1cccc(C)c1. The molecule has 92 valence electrons. The average molecular weight is 232 g/mol. The number of amides is 2. The molecule has 1 saturated heterocycles. The molecule has 1 aliphatic rings. The molecule has 1 N–H and O–H groups in total. The second-order valence-corrected chi connectivity index (χ2v) is 4.60. The Morgan fingerprint density at radius 2 is 2.35 bits per heavy atom. The van der Waals surface area contributed by atoms with Crippen LogP contribution in [0.2, 0.25) is 0 Å². The van der Waals surface area contributed by atoms with Gasteiger partial charge in [0.05, 0.1) is 6.04 Å². The summed E-state index contributed by atoms with van der Waals surface area (Å²) < 4.78 is 0. The minimum absolute atomic E-state index is 0.0662. The zero-order valence-corrected chi connectivity index (χ0v) is 10.6. The highest BCUT2D eigenvalue weighted by molar-refractivity contribution is 5.75. The summed E-state index contributed by atoms with van der Waals surface area (Å²) in [4.78, 5) is 13.9. The highest BCUT2D eigenvalue weighted by atomic mass is 16.2. The van der Waals surface area contributed by atoms with Crippen molar-refractivity contribution in [2.24, 2.45) is 0 Å². The first-order valence-corrected chi connectivity index (χ1v) is 6.33. The van der Waals surface area contributed by atoms with Gasteiger partial charge in [0, 0.05) is 13.1 Å². The van der Waals surface area contributed by atoms with Crippen LogP contribution >= 0.6 is 0 Å². The van der Waals surface area contributed by atoms with Gasteiger partial charge in [0.2, 0.25) is 0 Å². The van der Waals surface area contributed by atoms with Crippen molar-refractivity contribution in [3.8, 4) is 0 Å². The van der Waals surface area contributed by atoms with Gasteiger partial charge < -0.3 is 10.2 Å². The van der Waals surface area contributed by atoms with Crippen molar-refractivity contribution in [3.05, 3.63) is 35.4 Å². The predicted octanol–water partition coefficient (Wildman–Crippen LogP) is 2.86. The lowest BCUT2D eigenvalue weighted by molar-refractivity contribution is 0.193. The van der Waals surface area contributed by atoms with E-state index in [-0.39, 0.29) is 12.1 Å². The van der Waals surface area contributed by atoms with Crippen molar-refractivity contribution in [3.63, 3.8) is 0 Å². The normalized spacial score (nSPS) is 19.4. The summed E-state index contributed by atoms with van der Waals surface area (Å²) in [6.07, 6.45) is 2.16. The van der Waals surface area contributed by atoms with Crippen LogP contribution in [0, 0.1) is 6.92 Å². The summed E-state index contributed by atoms with van der Waals surface area (Å²) >= 11 is 0. The molecule has 0 aromatic heterocycles. The third-order valence-electron chi connectivity index (χ3n) is 3.27. The van der Waals surface area contributed by atoms with Crippen LogP contribution in [-0.2, 0) is 0 Å². The summed E-state index contributed by atoms with van der Waals surface area (Å²) in [5, 5.41) is 2.89. The second-order valence-electron chi connectivity index (χ2n) is 4.60. The minimum atomic E-state index is 0.0662. The maximum absolute atomic E-state index is 11.9. The van der Waals surface area contributed by atoms with E-state index in [2.05, 4.69) is 36.5 Å². The van der Waals surface area contributed by atoms with Gasteiger partial charge in [0.15, 0.2) is 0 Å². The lowest BCUT2D eigenvalue weighted by Gasteiger charge is -2.25. The Hall–Kier alpha value is -1.51. The van der Waals surface area contributed by atoms with Gasteiger partial charge in [-0.05, 0) is 32.3 Å². The molecule has 2 amide bonds. The lowest BCUT2D eigenvalue weighted by Crippen LogP contribution is -2.39. The van der Waals surface area contributed by atoms with Crippen molar-refractivity contribution in [1.82, 2.24) is 10.2 Å². The van der Waals surface area contributed by atoms with Crippen LogP contribution in [-0.4, -0.2) is 24.0 Å². The first-order valence-electron chi connectivity index (χ1n) is 6.33. The Morgan fingerprint density at radius 1 is 1.53 bits per heavy atom. The van der Waals surface area contributed by atoms with Crippen LogP contribution in [0.3, 0.4) is 0 Å². The number of benzene rings is 1. The molecule has 0 unspecified atom stereocenters. The molecular weight excluding hydrogens is 212 g/mol. The number of carbonyl (C=O) groups is 1. The van der Waals surface area contributed by atoms with Crippen LogP contribution < -0.4 is 5.32 Å². The highest BCUT2D eigenvalue weighted by Crippen LogP contribution is 2.32. The van der Waals surface area contributed by atoms with E-state index in [0.717, 1.165) is 19.4 Å². The maximum Gasteiger partial charge on any atom is 0.317 e. The standard InChI is InChI=1S/C14H20N2O/c1-3-15-14(17)16-9-5-8-13(16)12-7-4-6-11(2)10-12/h4,6-7,10,13H,3,5,8-9H2,1-2H3,(H,15,17)/t13-/m0/s1. The first-order chi connectivity index (χ1) is 8.22. The minimum Gasteiger partial charge on any atom is -0.338 e. The third kappa shape index (κ3) is 2.60. The molecule has 0 aliphatic carbocycles. The van der Waals surface area contributed by atoms with E-state index in [4.69, 9.17) is 0 Å². The Morgan fingerprint density at radius 3 is 3.06 bits per heavy atom. The summed E-state index contributed by atoms with van der Waals surface area (Å²) in [6.45, 7) is 5.60. The molecule has 17 heavy (non-hydrogen) atoms. The van der Waals surface area contributed by atoms with Gasteiger partial charge in [0.1, 0.15) is 0 Å². The molecular formula is C14H20N2O. The van der Waals surface area contributed by atoms with Crippen molar-refractivity contribution >= 4 is 6.03 Å². The molecule has 2 rings (SSSR count). The Balaban J connectivity index is 2.17. The van der Waals surface area contributed by atoms with Gasteiger partial charge in [-0.3, -0.25) is 0 Å². The zero-order valence-electron chi connectivity index (χ0n) is 10.6. The second kappa shape index (κ2) is 5.21. The van der Waals surface area contributed by atoms with Crippen molar-refractivity contribution < 1.29 is 4.79 Å². The molecule has 0 spiro atoms. The number of urea groups is 1. The molecule has 0 bridgehead atoms. The van der Waals surface area contributed by atoms with Gasteiger partial charge in [-0.15, -0.1) is 0 Å². The summed E-state index contributed by atoms with van der Waals surface area (Å²) in [6, 6.07) is 8.78. The lowest BCUT2D eigenvalue weighted by atomic mass is 10.0. The van der Waals surface area contributed by atoms with Gasteiger partial charge in [-0.1, -0.05) is 29.8 Å². The third-order valence-corrected chi connectivity index (χ3v) is 3.27. The number of rotatable bonds is 2. The molecule has 0 saturated carbocycles. The number of aryl methyl sites for hydroxylation is 1. The molecule has 1 heterocycles. The number of hydrogen-bond donors (Lipinski definition) is 1. The van der Waals surface area contributed by atoms with E-state index in [1.807, 2.05) is 11.8 Å². The van der Waals surface area contributed by atoms with E-state index in [1.54, 1.807) is 0 Å². The molecule has 1 aliphatic heterocycles. The van der Waals surface area contributed by atoms with E-state index in [0.29, 0.717) is 6.54 Å². The van der Waals surface area contributed by atoms with Crippen LogP contribution in [0.1, 0.15) is 36.9 Å². The predicted molar refractivity (Wildman–Crippen MR) is 68.9 cm³/mol. The Kier molecular flexibility index (Phi) is 3.67. The summed E-state index contributed by atoms with van der Waals surface area (Å²) in [7, 11) is 0. The van der Waals surface area contributed by atoms with Crippen LogP contribution in [0.4, 0.5) is 4.79 Å². The maximum atomic E-state index is 11.9. The van der Waals surface area contributed by atoms with Crippen LogP contribution in [0.25, 0.3) is 0 Å². The van der Waals surface area contributed by atoms with E-state index >= 15 is 0 Å². The van der Waals surface area contributed by atoms with Gasteiger partial charge in [0.25, 0.3) is 0 Å². The number of nitrogens with zero attached hydrogens (tertiary/aromatic N) is 1. The van der Waals surface area contributed by atoms with Crippen molar-refractivity contribution in [1.29, 1.82) is 0 Å². The number of likely N-dealkylation sites (tertiary alicyclic amines) is 1. The smallest absolute Gasteiger partial charge is 0.317 e. The molecule has 0 radical (unpaired) electrons. The van der Waals surface area contributed by atoms with E-state index < -0.39 is 0 Å². The van der Waals surface area contributed by atoms with Gasteiger partial charge in [-0.25, -0.2) is 4.79 Å². The molecule has 3 nitrogen and oxygen atoms in total. The van der Waals surface area contributed by atoms with Crippen LogP contribution in [0.15, 0.2) is 24.3 Å². The summed E-state index contributed by atoms with van der Waals surface area (Å²) in [5.41, 5.74) is 2.51. The zero-order chi connectivity index (χ0) is 12.3. The van der Waals surface area contributed by atoms with Crippen LogP contribution in [0.5, 0.6) is 0 Å².